The molecule has 5 rings (SSSR count). The molecule has 0 saturated heterocycles. The largest absolute Gasteiger partial charge is 0.419 e. The van der Waals surface area contributed by atoms with Gasteiger partial charge in [0.15, 0.2) is 5.84 Å². The molecule has 0 radical (unpaired) electrons. The minimum absolute atomic E-state index is 0.0188. The Hall–Kier alpha value is -3.50. The molecule has 184 valence electrons. The number of halogens is 4. The number of benzene rings is 1. The van der Waals surface area contributed by atoms with E-state index >= 15 is 0 Å². The first-order chi connectivity index (χ1) is 16.6. The van der Waals surface area contributed by atoms with Gasteiger partial charge >= 0.3 is 6.18 Å². The highest BCUT2D eigenvalue weighted by molar-refractivity contribution is 6.28. The molecule has 2 aromatic rings. The molecular weight excluding hydrogens is 464 g/mol. The molecular formula is C24H24F4N6O. The van der Waals surface area contributed by atoms with Gasteiger partial charge in [-0.25, -0.2) is 9.40 Å². The smallest absolute Gasteiger partial charge is 0.345 e. The number of alkyl halides is 3. The number of aromatic nitrogens is 2. The summed E-state index contributed by atoms with van der Waals surface area (Å²) in [4.78, 5) is 18.2. The number of hydrazone groups is 1. The molecule has 0 unspecified atom stereocenters. The maximum atomic E-state index is 14.7. The van der Waals surface area contributed by atoms with Crippen molar-refractivity contribution in [3.8, 4) is 0 Å². The van der Waals surface area contributed by atoms with Gasteiger partial charge in [-0.2, -0.15) is 23.4 Å². The fourth-order valence-electron chi connectivity index (χ4n) is 4.88. The summed E-state index contributed by atoms with van der Waals surface area (Å²) in [5, 5.41) is 13.4. The van der Waals surface area contributed by atoms with Crippen LogP contribution in [0.5, 0.6) is 0 Å². The molecule has 3 aliphatic rings. The summed E-state index contributed by atoms with van der Waals surface area (Å²) in [5.74, 6) is -1.52. The summed E-state index contributed by atoms with van der Waals surface area (Å²) in [6.45, 7) is 1.45. The molecule has 1 fully saturated rings. The Morgan fingerprint density at radius 2 is 2.00 bits per heavy atom. The monoisotopic (exact) mass is 488 g/mol. The number of carbonyl (C=O) groups is 1. The van der Waals surface area contributed by atoms with Crippen molar-refractivity contribution in [2.24, 2.45) is 17.1 Å². The highest BCUT2D eigenvalue weighted by Gasteiger charge is 2.43. The zero-order valence-corrected chi connectivity index (χ0v) is 19.2. The maximum Gasteiger partial charge on any atom is 0.419 e. The van der Waals surface area contributed by atoms with Crippen LogP contribution in [0.3, 0.4) is 0 Å². The first-order valence-corrected chi connectivity index (χ1v) is 11.5. The van der Waals surface area contributed by atoms with Crippen LogP contribution in [0.15, 0.2) is 52.3 Å². The predicted octanol–water partition coefficient (Wildman–Crippen LogP) is 4.12. The molecule has 1 amide bonds. The van der Waals surface area contributed by atoms with Gasteiger partial charge in [-0.15, -0.1) is 0 Å². The number of nitrogens with zero attached hydrogens (tertiary/aromatic N) is 5. The van der Waals surface area contributed by atoms with E-state index in [0.29, 0.717) is 23.2 Å². The predicted molar refractivity (Wildman–Crippen MR) is 121 cm³/mol. The number of fused-ring (bicyclic) bond motifs is 3. The summed E-state index contributed by atoms with van der Waals surface area (Å²) in [7, 11) is 1.77. The SMILES string of the molecule is C[C@@H](NC(=O)C1=CC(c2cnn(C)c2)=NN2C1=N[C@@H]1CCCC[C@@H]12)c1cccc(C(F)(F)F)c1F. The van der Waals surface area contributed by atoms with E-state index in [1.54, 1.807) is 35.2 Å². The Balaban J connectivity index is 1.47. The molecule has 1 N–H and O–H groups in total. The van der Waals surface area contributed by atoms with Crippen molar-refractivity contribution in [2.45, 2.75) is 56.9 Å². The summed E-state index contributed by atoms with van der Waals surface area (Å²) in [5.41, 5.74) is -0.120. The Morgan fingerprint density at radius 1 is 1.23 bits per heavy atom. The number of amides is 1. The van der Waals surface area contributed by atoms with Gasteiger partial charge in [0.2, 0.25) is 0 Å². The lowest BCUT2D eigenvalue weighted by Crippen LogP contribution is -2.43. The summed E-state index contributed by atoms with van der Waals surface area (Å²) >= 11 is 0. The van der Waals surface area contributed by atoms with Crippen LogP contribution < -0.4 is 5.32 Å². The van der Waals surface area contributed by atoms with Crippen molar-refractivity contribution in [1.82, 2.24) is 20.1 Å². The van der Waals surface area contributed by atoms with Crippen LogP contribution in [0, 0.1) is 5.82 Å². The van der Waals surface area contributed by atoms with Crippen molar-refractivity contribution < 1.29 is 22.4 Å². The second-order valence-electron chi connectivity index (χ2n) is 9.06. The highest BCUT2D eigenvalue weighted by atomic mass is 19.4. The van der Waals surface area contributed by atoms with Crippen molar-refractivity contribution >= 4 is 17.5 Å². The number of carbonyl (C=O) groups excluding carboxylic acids is 1. The van der Waals surface area contributed by atoms with E-state index in [4.69, 9.17) is 10.1 Å². The first-order valence-electron chi connectivity index (χ1n) is 11.5. The second kappa shape index (κ2) is 8.62. The fraction of sp³-hybridized carbons (Fsp3) is 0.417. The van der Waals surface area contributed by atoms with Gasteiger partial charge in [-0.05, 0) is 31.9 Å². The molecule has 1 aliphatic carbocycles. The number of amidine groups is 1. The molecule has 0 bridgehead atoms. The van der Waals surface area contributed by atoms with Gasteiger partial charge in [0.25, 0.3) is 5.91 Å². The Bertz CT molecular complexity index is 1260. The number of hydrogen-bond acceptors (Lipinski definition) is 5. The third kappa shape index (κ3) is 4.23. The maximum absolute atomic E-state index is 14.7. The van der Waals surface area contributed by atoms with Gasteiger partial charge < -0.3 is 5.32 Å². The van der Waals surface area contributed by atoms with Crippen LogP contribution in [0.1, 0.15) is 55.3 Å². The minimum atomic E-state index is -4.83. The van der Waals surface area contributed by atoms with E-state index in [-0.39, 0.29) is 23.2 Å². The van der Waals surface area contributed by atoms with Gasteiger partial charge in [0.05, 0.1) is 41.2 Å². The molecule has 3 heterocycles. The molecule has 7 nitrogen and oxygen atoms in total. The van der Waals surface area contributed by atoms with Gasteiger partial charge in [-0.1, -0.05) is 25.0 Å². The van der Waals surface area contributed by atoms with E-state index in [9.17, 15) is 22.4 Å². The van der Waals surface area contributed by atoms with E-state index in [1.165, 1.54) is 13.0 Å². The molecule has 35 heavy (non-hydrogen) atoms. The summed E-state index contributed by atoms with van der Waals surface area (Å²) < 4.78 is 55.8. The van der Waals surface area contributed by atoms with Crippen LogP contribution in [0.4, 0.5) is 17.6 Å². The highest BCUT2D eigenvalue weighted by Crippen LogP contribution is 2.36. The van der Waals surface area contributed by atoms with Crippen molar-refractivity contribution in [1.29, 1.82) is 0 Å². The quantitative estimate of drug-likeness (QED) is 0.658. The van der Waals surface area contributed by atoms with Crippen LogP contribution in [0.25, 0.3) is 0 Å². The normalized spacial score (nSPS) is 22.6. The standard InChI is InChI=1S/C24H24F4N6O/c1-13(15-6-5-7-17(21(15)25)24(26,27)28)30-23(35)16-10-19(14-11-29-33(2)12-14)32-34-20-9-4-3-8-18(20)31-22(16)34/h5-7,10-13,18,20H,3-4,8-9H2,1-2H3,(H,30,35)/t13-,18-,20+/m1/s1. The number of aliphatic imine (C=N–C) groups is 1. The van der Waals surface area contributed by atoms with Gasteiger partial charge in [-0.3, -0.25) is 14.5 Å². The molecule has 3 atom stereocenters. The van der Waals surface area contributed by atoms with Crippen LogP contribution in [-0.4, -0.2) is 44.3 Å². The summed E-state index contributed by atoms with van der Waals surface area (Å²) in [6.07, 6.45) is 4.06. The number of aryl methyl sites for hydroxylation is 1. The zero-order chi connectivity index (χ0) is 24.9. The van der Waals surface area contributed by atoms with Crippen molar-refractivity contribution in [3.63, 3.8) is 0 Å². The lowest BCUT2D eigenvalue weighted by atomic mass is 9.91. The average Bonchev–Trinajstić information content (AvgIpc) is 3.41. The number of rotatable bonds is 4. The lowest BCUT2D eigenvalue weighted by Gasteiger charge is -2.31. The van der Waals surface area contributed by atoms with E-state index in [0.717, 1.165) is 31.7 Å². The van der Waals surface area contributed by atoms with E-state index in [2.05, 4.69) is 10.4 Å². The van der Waals surface area contributed by atoms with Crippen LogP contribution >= 0.6 is 0 Å². The molecule has 1 aromatic heterocycles. The molecule has 1 aromatic carbocycles. The lowest BCUT2D eigenvalue weighted by molar-refractivity contribution is -0.140. The topological polar surface area (TPSA) is 74.9 Å². The first kappa shape index (κ1) is 23.3. The van der Waals surface area contributed by atoms with Gasteiger partial charge in [0.1, 0.15) is 5.82 Å². The van der Waals surface area contributed by atoms with Crippen molar-refractivity contribution in [3.05, 3.63) is 64.7 Å². The molecule has 1 saturated carbocycles. The van der Waals surface area contributed by atoms with Crippen LogP contribution in [-0.2, 0) is 18.0 Å². The molecule has 0 spiro atoms. The Morgan fingerprint density at radius 3 is 2.71 bits per heavy atom. The Labute approximate surface area is 199 Å². The number of hydrogen-bond donors (Lipinski definition) is 1. The Kier molecular flexibility index (Phi) is 5.72. The van der Waals surface area contributed by atoms with Crippen molar-refractivity contribution in [2.75, 3.05) is 0 Å². The third-order valence-electron chi connectivity index (χ3n) is 6.64. The number of allylic oxidation sites excluding steroid dienone is 1. The zero-order valence-electron chi connectivity index (χ0n) is 19.2. The minimum Gasteiger partial charge on any atom is -0.345 e. The summed E-state index contributed by atoms with van der Waals surface area (Å²) in [6, 6.07) is 2.10. The van der Waals surface area contributed by atoms with E-state index < -0.39 is 29.5 Å². The second-order valence-corrected chi connectivity index (χ2v) is 9.06. The van der Waals surface area contributed by atoms with E-state index in [1.807, 2.05) is 0 Å². The molecule has 11 heteroatoms. The molecule has 2 aliphatic heterocycles. The number of nitrogens with one attached hydrogen (secondary N) is 1. The van der Waals surface area contributed by atoms with Gasteiger partial charge in [0, 0.05) is 24.4 Å². The third-order valence-corrected chi connectivity index (χ3v) is 6.64. The van der Waals surface area contributed by atoms with Crippen LogP contribution in [0.2, 0.25) is 0 Å². The average molecular weight is 488 g/mol. The fourth-order valence-corrected chi connectivity index (χ4v) is 4.88.